The molecule has 0 aromatic heterocycles. The highest BCUT2D eigenvalue weighted by Gasteiger charge is 2.52. The standard InChI is InChI=1S/C24H26ClN3O5/c1-32-17-7-8-18(20(13-17)33-2)21(29)28-11-9-16(10-12-28)24(22(30)26-23(31)27-24)14-15-5-3-4-6-19(15)25/h3-8,13,16H,9-12,14H2,1-2H3,(H2,26,27,30,31). The molecule has 0 saturated carbocycles. The van der Waals surface area contributed by atoms with Crippen molar-refractivity contribution in [3.63, 3.8) is 0 Å². The van der Waals surface area contributed by atoms with Gasteiger partial charge >= 0.3 is 6.03 Å². The van der Waals surface area contributed by atoms with Crippen molar-refractivity contribution < 1.29 is 23.9 Å². The van der Waals surface area contributed by atoms with Crippen molar-refractivity contribution in [1.82, 2.24) is 15.5 Å². The van der Waals surface area contributed by atoms with E-state index in [1.807, 2.05) is 18.2 Å². The molecule has 2 fully saturated rings. The number of imide groups is 1. The molecule has 2 N–H and O–H groups in total. The van der Waals surface area contributed by atoms with E-state index in [0.717, 1.165) is 5.56 Å². The number of nitrogens with zero attached hydrogens (tertiary/aromatic N) is 1. The zero-order valence-electron chi connectivity index (χ0n) is 18.5. The number of rotatable bonds is 6. The molecule has 174 valence electrons. The minimum absolute atomic E-state index is 0.145. The molecule has 4 amide bonds. The number of likely N-dealkylation sites (tertiary alicyclic amines) is 1. The third-order valence-corrected chi connectivity index (χ3v) is 6.88. The molecule has 33 heavy (non-hydrogen) atoms. The summed E-state index contributed by atoms with van der Waals surface area (Å²) in [6.07, 6.45) is 1.40. The summed E-state index contributed by atoms with van der Waals surface area (Å²) in [7, 11) is 3.06. The Hall–Kier alpha value is -3.26. The minimum Gasteiger partial charge on any atom is -0.497 e. The van der Waals surface area contributed by atoms with Gasteiger partial charge in [-0.2, -0.15) is 0 Å². The normalized spacial score (nSPS) is 20.9. The van der Waals surface area contributed by atoms with Crippen LogP contribution in [-0.4, -0.2) is 55.6 Å². The fourth-order valence-corrected chi connectivity index (χ4v) is 4.93. The summed E-state index contributed by atoms with van der Waals surface area (Å²) in [5.74, 6) is 0.398. The molecule has 1 unspecified atom stereocenters. The van der Waals surface area contributed by atoms with Gasteiger partial charge in [0.15, 0.2) is 0 Å². The minimum atomic E-state index is -1.10. The van der Waals surface area contributed by atoms with Gasteiger partial charge in [-0.05, 0) is 42.5 Å². The van der Waals surface area contributed by atoms with Crippen LogP contribution in [0.3, 0.4) is 0 Å². The maximum atomic E-state index is 13.2. The predicted octanol–water partition coefficient (Wildman–Crippen LogP) is 3.03. The van der Waals surface area contributed by atoms with E-state index in [1.54, 1.807) is 36.3 Å². The zero-order valence-corrected chi connectivity index (χ0v) is 19.3. The van der Waals surface area contributed by atoms with Crippen LogP contribution in [0, 0.1) is 5.92 Å². The fourth-order valence-electron chi connectivity index (χ4n) is 4.72. The van der Waals surface area contributed by atoms with Crippen molar-refractivity contribution in [3.8, 4) is 11.5 Å². The number of hydrogen-bond acceptors (Lipinski definition) is 5. The molecule has 2 aliphatic rings. The Morgan fingerprint density at radius 3 is 2.45 bits per heavy atom. The van der Waals surface area contributed by atoms with Crippen LogP contribution in [0.1, 0.15) is 28.8 Å². The third-order valence-electron chi connectivity index (χ3n) is 6.51. The molecule has 0 radical (unpaired) electrons. The lowest BCUT2D eigenvalue weighted by Gasteiger charge is -2.41. The van der Waals surface area contributed by atoms with Crippen molar-refractivity contribution in [1.29, 1.82) is 0 Å². The smallest absolute Gasteiger partial charge is 0.322 e. The maximum absolute atomic E-state index is 13.2. The molecule has 2 aromatic rings. The predicted molar refractivity (Wildman–Crippen MR) is 123 cm³/mol. The first-order valence-electron chi connectivity index (χ1n) is 10.8. The Bertz CT molecular complexity index is 1080. The summed E-state index contributed by atoms with van der Waals surface area (Å²) in [5, 5.41) is 5.81. The molecular formula is C24H26ClN3O5. The molecule has 2 aliphatic heterocycles. The van der Waals surface area contributed by atoms with Crippen molar-refractivity contribution in [2.45, 2.75) is 24.8 Å². The molecule has 4 rings (SSSR count). The van der Waals surface area contributed by atoms with Crippen molar-refractivity contribution in [2.24, 2.45) is 5.92 Å². The lowest BCUT2D eigenvalue weighted by molar-refractivity contribution is -0.126. The van der Waals surface area contributed by atoms with E-state index < -0.39 is 11.6 Å². The largest absolute Gasteiger partial charge is 0.497 e. The van der Waals surface area contributed by atoms with E-state index in [2.05, 4.69) is 10.6 Å². The lowest BCUT2D eigenvalue weighted by Crippen LogP contribution is -2.58. The number of carbonyl (C=O) groups is 3. The molecule has 2 heterocycles. The number of carbonyl (C=O) groups excluding carboxylic acids is 3. The number of piperidine rings is 1. The average Bonchev–Trinajstić information content (AvgIpc) is 3.13. The van der Waals surface area contributed by atoms with E-state index in [0.29, 0.717) is 48.0 Å². The van der Waals surface area contributed by atoms with Crippen LogP contribution in [0.15, 0.2) is 42.5 Å². The first-order chi connectivity index (χ1) is 15.9. The number of benzene rings is 2. The molecule has 1 atom stereocenters. The molecule has 9 heteroatoms. The Kier molecular flexibility index (Phi) is 6.47. The maximum Gasteiger partial charge on any atom is 0.322 e. The van der Waals surface area contributed by atoms with Crippen molar-refractivity contribution in [3.05, 3.63) is 58.6 Å². The van der Waals surface area contributed by atoms with E-state index in [-0.39, 0.29) is 24.2 Å². The highest BCUT2D eigenvalue weighted by Crippen LogP contribution is 2.36. The second-order valence-corrected chi connectivity index (χ2v) is 8.69. The van der Waals surface area contributed by atoms with E-state index in [1.165, 1.54) is 7.11 Å². The molecule has 0 aliphatic carbocycles. The van der Waals surface area contributed by atoms with Gasteiger partial charge in [-0.1, -0.05) is 29.8 Å². The van der Waals surface area contributed by atoms with Gasteiger partial charge in [-0.15, -0.1) is 0 Å². The number of urea groups is 1. The second kappa shape index (κ2) is 9.31. The SMILES string of the molecule is COc1ccc(C(=O)N2CCC(C3(Cc4ccccc4Cl)NC(=O)NC3=O)CC2)c(OC)c1. The van der Waals surface area contributed by atoms with Crippen LogP contribution in [-0.2, 0) is 11.2 Å². The van der Waals surface area contributed by atoms with Gasteiger partial charge in [-0.25, -0.2) is 4.79 Å². The van der Waals surface area contributed by atoms with Gasteiger partial charge in [0, 0.05) is 30.6 Å². The zero-order chi connectivity index (χ0) is 23.6. The number of ether oxygens (including phenoxy) is 2. The summed E-state index contributed by atoms with van der Waals surface area (Å²) in [4.78, 5) is 40.0. The average molecular weight is 472 g/mol. The van der Waals surface area contributed by atoms with Crippen LogP contribution in [0.25, 0.3) is 0 Å². The topological polar surface area (TPSA) is 97.0 Å². The highest BCUT2D eigenvalue weighted by molar-refractivity contribution is 6.31. The molecule has 2 aromatic carbocycles. The van der Waals surface area contributed by atoms with Gasteiger partial charge in [-0.3, -0.25) is 14.9 Å². The van der Waals surface area contributed by atoms with Crippen molar-refractivity contribution in [2.75, 3.05) is 27.3 Å². The monoisotopic (exact) mass is 471 g/mol. The molecule has 2 saturated heterocycles. The van der Waals surface area contributed by atoms with Gasteiger partial charge in [0.1, 0.15) is 17.0 Å². The Balaban J connectivity index is 1.53. The summed E-state index contributed by atoms with van der Waals surface area (Å²) in [6.45, 7) is 0.901. The second-order valence-electron chi connectivity index (χ2n) is 8.28. The molecular weight excluding hydrogens is 446 g/mol. The molecule has 0 bridgehead atoms. The van der Waals surface area contributed by atoms with Crippen LogP contribution in [0.2, 0.25) is 5.02 Å². The first-order valence-corrected chi connectivity index (χ1v) is 11.1. The Morgan fingerprint density at radius 2 is 1.85 bits per heavy atom. The molecule has 8 nitrogen and oxygen atoms in total. The van der Waals surface area contributed by atoms with Crippen LogP contribution in [0.4, 0.5) is 4.79 Å². The van der Waals surface area contributed by atoms with Gasteiger partial charge in [0.25, 0.3) is 11.8 Å². The van der Waals surface area contributed by atoms with Crippen LogP contribution < -0.4 is 20.1 Å². The van der Waals surface area contributed by atoms with E-state index >= 15 is 0 Å². The molecule has 0 spiro atoms. The summed E-state index contributed by atoms with van der Waals surface area (Å²) in [5.41, 5.74) is 0.141. The Morgan fingerprint density at radius 1 is 1.12 bits per heavy atom. The first kappa shape index (κ1) is 22.9. The van der Waals surface area contributed by atoms with E-state index in [4.69, 9.17) is 21.1 Å². The third kappa shape index (κ3) is 4.35. The summed E-state index contributed by atoms with van der Waals surface area (Å²) >= 11 is 6.35. The van der Waals surface area contributed by atoms with Gasteiger partial charge in [0.2, 0.25) is 0 Å². The summed E-state index contributed by atoms with van der Waals surface area (Å²) in [6, 6.07) is 11.9. The fraction of sp³-hybridized carbons (Fsp3) is 0.375. The van der Waals surface area contributed by atoms with Crippen LogP contribution >= 0.6 is 11.6 Å². The van der Waals surface area contributed by atoms with Gasteiger partial charge < -0.3 is 19.7 Å². The number of amides is 4. The summed E-state index contributed by atoms with van der Waals surface area (Å²) < 4.78 is 10.6. The van der Waals surface area contributed by atoms with Crippen molar-refractivity contribution >= 4 is 29.4 Å². The van der Waals surface area contributed by atoms with E-state index in [9.17, 15) is 14.4 Å². The number of halogens is 1. The van der Waals surface area contributed by atoms with Crippen LogP contribution in [0.5, 0.6) is 11.5 Å². The number of hydrogen-bond donors (Lipinski definition) is 2. The lowest BCUT2D eigenvalue weighted by atomic mass is 9.74. The Labute approximate surface area is 197 Å². The van der Waals surface area contributed by atoms with Gasteiger partial charge in [0.05, 0.1) is 19.8 Å². The number of methoxy groups -OCH3 is 2. The number of nitrogens with one attached hydrogen (secondary N) is 2. The highest BCUT2D eigenvalue weighted by atomic mass is 35.5. The quantitative estimate of drug-likeness (QED) is 0.631.